The highest BCUT2D eigenvalue weighted by Crippen LogP contribution is 2.23. The smallest absolute Gasteiger partial charge is 0.268 e. The number of carbonyl (C=O) groups excluding carboxylic acids is 1. The maximum Gasteiger partial charge on any atom is 0.268 e. The quantitative estimate of drug-likeness (QED) is 0.535. The first kappa shape index (κ1) is 21.1. The fourth-order valence-electron chi connectivity index (χ4n) is 3.01. The molecule has 8 heteroatoms. The summed E-state index contributed by atoms with van der Waals surface area (Å²) >= 11 is 1.78. The minimum atomic E-state index is -0.0710. The topological polar surface area (TPSA) is 85.8 Å². The molecule has 2 heterocycles. The largest absolute Gasteiger partial charge is 0.420 e. The van der Waals surface area contributed by atoms with Gasteiger partial charge in [0.2, 0.25) is 5.89 Å². The Labute approximate surface area is 175 Å². The van der Waals surface area contributed by atoms with E-state index in [4.69, 9.17) is 4.42 Å². The molecule has 154 valence electrons. The van der Waals surface area contributed by atoms with E-state index in [2.05, 4.69) is 40.7 Å². The molecular formula is C21H27N5O2S. The molecule has 0 aliphatic carbocycles. The molecule has 1 N–H and O–H groups in total. The minimum absolute atomic E-state index is 0.0710. The number of nitrogens with zero attached hydrogens (tertiary/aromatic N) is 4. The molecule has 0 fully saturated rings. The normalized spacial score (nSPS) is 11.2. The lowest BCUT2D eigenvalue weighted by Crippen LogP contribution is -2.25. The number of hydrogen-bond acceptors (Lipinski definition) is 6. The van der Waals surface area contributed by atoms with Crippen LogP contribution < -0.4 is 5.32 Å². The number of nitrogens with one attached hydrogen (secondary N) is 1. The number of amides is 1. The summed E-state index contributed by atoms with van der Waals surface area (Å²) in [5.74, 6) is 2.31. The van der Waals surface area contributed by atoms with E-state index in [1.807, 2.05) is 35.0 Å². The average Bonchev–Trinajstić information content (AvgIpc) is 3.31. The second-order valence-corrected chi connectivity index (χ2v) is 8.30. The zero-order valence-corrected chi connectivity index (χ0v) is 18.1. The summed E-state index contributed by atoms with van der Waals surface area (Å²) in [5.41, 5.74) is 3.12. The highest BCUT2D eigenvalue weighted by atomic mass is 32.2. The van der Waals surface area contributed by atoms with E-state index in [-0.39, 0.29) is 5.91 Å². The van der Waals surface area contributed by atoms with Gasteiger partial charge in [-0.25, -0.2) is 4.68 Å². The number of aryl methyl sites for hydroxylation is 1. The van der Waals surface area contributed by atoms with Crippen LogP contribution in [-0.4, -0.2) is 44.4 Å². The number of rotatable bonds is 9. The van der Waals surface area contributed by atoms with E-state index in [1.54, 1.807) is 18.7 Å². The summed E-state index contributed by atoms with van der Waals surface area (Å²) in [6, 6.07) is 9.49. The standard InChI is InChI=1S/C21H27N5O2S/c1-14(2)11-18-13-19(21-24-23-15(3)28-21)25-26(18)17-8-5-7-16(12-17)20(27)22-9-6-10-29-4/h5,7-8,12-14H,6,9-11H2,1-4H3,(H,22,27). The molecule has 0 saturated carbocycles. The fraction of sp³-hybridized carbons (Fsp3) is 0.429. The maximum atomic E-state index is 12.5. The minimum Gasteiger partial charge on any atom is -0.420 e. The molecule has 3 aromatic rings. The van der Waals surface area contributed by atoms with Gasteiger partial charge in [0, 0.05) is 24.7 Å². The van der Waals surface area contributed by atoms with Gasteiger partial charge in [-0.2, -0.15) is 16.9 Å². The molecule has 0 bridgehead atoms. The molecule has 0 radical (unpaired) electrons. The molecule has 0 aliphatic heterocycles. The van der Waals surface area contributed by atoms with Crippen molar-refractivity contribution in [1.29, 1.82) is 0 Å². The second-order valence-electron chi connectivity index (χ2n) is 7.31. The van der Waals surface area contributed by atoms with Crippen LogP contribution in [0.25, 0.3) is 17.3 Å². The summed E-state index contributed by atoms with van der Waals surface area (Å²) in [7, 11) is 0. The average molecular weight is 414 g/mol. The Morgan fingerprint density at radius 1 is 1.28 bits per heavy atom. The van der Waals surface area contributed by atoms with Crippen molar-refractivity contribution in [2.24, 2.45) is 5.92 Å². The monoisotopic (exact) mass is 413 g/mol. The van der Waals surface area contributed by atoms with Crippen molar-refractivity contribution in [2.75, 3.05) is 18.6 Å². The van der Waals surface area contributed by atoms with Crippen molar-refractivity contribution in [3.05, 3.63) is 47.5 Å². The molecule has 2 aromatic heterocycles. The molecular weight excluding hydrogens is 386 g/mol. The third-order valence-electron chi connectivity index (χ3n) is 4.31. The molecule has 0 aliphatic rings. The van der Waals surface area contributed by atoms with E-state index in [1.165, 1.54) is 0 Å². The maximum absolute atomic E-state index is 12.5. The molecule has 0 saturated heterocycles. The number of carbonyl (C=O) groups is 1. The van der Waals surface area contributed by atoms with Gasteiger partial charge in [0.15, 0.2) is 0 Å². The number of hydrogen-bond donors (Lipinski definition) is 1. The fourth-order valence-corrected chi connectivity index (χ4v) is 3.44. The Balaban J connectivity index is 1.88. The number of benzene rings is 1. The van der Waals surface area contributed by atoms with E-state index in [0.29, 0.717) is 35.5 Å². The van der Waals surface area contributed by atoms with Crippen LogP contribution in [0.4, 0.5) is 0 Å². The van der Waals surface area contributed by atoms with Crippen molar-refractivity contribution in [1.82, 2.24) is 25.3 Å². The lowest BCUT2D eigenvalue weighted by atomic mass is 10.1. The number of thioether (sulfide) groups is 1. The van der Waals surface area contributed by atoms with Gasteiger partial charge in [-0.3, -0.25) is 4.79 Å². The van der Waals surface area contributed by atoms with Crippen molar-refractivity contribution in [3.8, 4) is 17.3 Å². The summed E-state index contributed by atoms with van der Waals surface area (Å²) in [6.45, 7) is 6.74. The Bertz CT molecular complexity index is 964. The molecule has 3 rings (SSSR count). The van der Waals surface area contributed by atoms with Gasteiger partial charge in [0.05, 0.1) is 5.69 Å². The number of aromatic nitrogens is 4. The van der Waals surface area contributed by atoms with Crippen LogP contribution in [0.5, 0.6) is 0 Å². The zero-order valence-electron chi connectivity index (χ0n) is 17.3. The summed E-state index contributed by atoms with van der Waals surface area (Å²) in [5, 5.41) is 15.6. The lowest BCUT2D eigenvalue weighted by Gasteiger charge is -2.11. The third-order valence-corrected chi connectivity index (χ3v) is 5.01. The lowest BCUT2D eigenvalue weighted by molar-refractivity contribution is 0.0953. The Morgan fingerprint density at radius 3 is 2.79 bits per heavy atom. The molecule has 0 spiro atoms. The molecule has 7 nitrogen and oxygen atoms in total. The van der Waals surface area contributed by atoms with Crippen molar-refractivity contribution in [2.45, 2.75) is 33.6 Å². The van der Waals surface area contributed by atoms with Crippen LogP contribution in [0.15, 0.2) is 34.7 Å². The van der Waals surface area contributed by atoms with E-state index >= 15 is 0 Å². The SMILES string of the molecule is CSCCCNC(=O)c1cccc(-n2nc(-c3nnc(C)o3)cc2CC(C)C)c1. The molecule has 0 unspecified atom stereocenters. The van der Waals surface area contributed by atoms with Crippen LogP contribution in [0.2, 0.25) is 0 Å². The highest BCUT2D eigenvalue weighted by Gasteiger charge is 2.17. The first-order chi connectivity index (χ1) is 14.0. The predicted octanol–water partition coefficient (Wildman–Crippen LogP) is 3.91. The van der Waals surface area contributed by atoms with Crippen LogP contribution >= 0.6 is 11.8 Å². The van der Waals surface area contributed by atoms with Crippen molar-refractivity contribution >= 4 is 17.7 Å². The van der Waals surface area contributed by atoms with Gasteiger partial charge in [-0.15, -0.1) is 10.2 Å². The Hall–Kier alpha value is -2.61. The Kier molecular flexibility index (Phi) is 7.09. The van der Waals surface area contributed by atoms with Crippen LogP contribution in [-0.2, 0) is 6.42 Å². The summed E-state index contributed by atoms with van der Waals surface area (Å²) in [6.07, 6.45) is 3.86. The molecule has 1 amide bonds. The zero-order chi connectivity index (χ0) is 20.8. The van der Waals surface area contributed by atoms with Crippen LogP contribution in [0.1, 0.15) is 42.2 Å². The van der Waals surface area contributed by atoms with E-state index in [9.17, 15) is 4.79 Å². The van der Waals surface area contributed by atoms with Gasteiger partial charge in [-0.05, 0) is 55.0 Å². The molecule has 1 aromatic carbocycles. The van der Waals surface area contributed by atoms with E-state index < -0.39 is 0 Å². The van der Waals surface area contributed by atoms with Gasteiger partial charge in [0.25, 0.3) is 11.8 Å². The predicted molar refractivity (Wildman–Crippen MR) is 115 cm³/mol. The summed E-state index contributed by atoms with van der Waals surface area (Å²) < 4.78 is 7.40. The van der Waals surface area contributed by atoms with Crippen molar-refractivity contribution in [3.63, 3.8) is 0 Å². The van der Waals surface area contributed by atoms with Gasteiger partial charge in [-0.1, -0.05) is 19.9 Å². The Morgan fingerprint density at radius 2 is 2.10 bits per heavy atom. The third kappa shape index (κ3) is 5.47. The van der Waals surface area contributed by atoms with Crippen LogP contribution in [0.3, 0.4) is 0 Å². The van der Waals surface area contributed by atoms with Crippen molar-refractivity contribution < 1.29 is 9.21 Å². The first-order valence-corrected chi connectivity index (χ1v) is 11.1. The second kappa shape index (κ2) is 9.73. The molecule has 0 atom stereocenters. The summed E-state index contributed by atoms with van der Waals surface area (Å²) in [4.78, 5) is 12.5. The van der Waals surface area contributed by atoms with Gasteiger partial charge < -0.3 is 9.73 Å². The molecule has 29 heavy (non-hydrogen) atoms. The van der Waals surface area contributed by atoms with E-state index in [0.717, 1.165) is 30.0 Å². The van der Waals surface area contributed by atoms with Gasteiger partial charge in [0.1, 0.15) is 5.69 Å². The highest BCUT2D eigenvalue weighted by molar-refractivity contribution is 7.98. The first-order valence-electron chi connectivity index (χ1n) is 9.75. The van der Waals surface area contributed by atoms with Gasteiger partial charge >= 0.3 is 0 Å². The van der Waals surface area contributed by atoms with Crippen LogP contribution in [0, 0.1) is 12.8 Å².